The molecule has 2 heterocycles. The number of nitrogens with zero attached hydrogens (tertiary/aromatic N) is 2. The van der Waals surface area contributed by atoms with Gasteiger partial charge in [0.25, 0.3) is 11.8 Å². The van der Waals surface area contributed by atoms with Crippen molar-refractivity contribution >= 4 is 11.8 Å². The van der Waals surface area contributed by atoms with E-state index in [1.54, 1.807) is 6.07 Å². The summed E-state index contributed by atoms with van der Waals surface area (Å²) in [5, 5.41) is 5.66. The first-order valence-corrected chi connectivity index (χ1v) is 9.07. The van der Waals surface area contributed by atoms with E-state index in [4.69, 9.17) is 9.47 Å². The molecule has 3 rings (SSSR count). The molecule has 8 heteroatoms. The molecule has 8 nitrogen and oxygen atoms in total. The molecule has 1 aromatic heterocycles. The second-order valence-electron chi connectivity index (χ2n) is 6.75. The summed E-state index contributed by atoms with van der Waals surface area (Å²) in [6, 6.07) is 7.05. The largest absolute Gasteiger partial charge is 0.454 e. The molecule has 0 fully saturated rings. The fraction of sp³-hybridized carbons (Fsp3) is 0.350. The number of nitrogens with one attached hydrogen (secondary N) is 2. The number of carbonyl (C=O) groups excluding carboxylic acids is 2. The lowest BCUT2D eigenvalue weighted by Gasteiger charge is -2.10. The van der Waals surface area contributed by atoms with Gasteiger partial charge in [0.05, 0.1) is 11.1 Å². The van der Waals surface area contributed by atoms with Crippen molar-refractivity contribution in [1.82, 2.24) is 20.5 Å². The summed E-state index contributed by atoms with van der Waals surface area (Å²) in [6.07, 6.45) is 3.75. The van der Waals surface area contributed by atoms with E-state index in [0.29, 0.717) is 35.7 Å². The number of amides is 2. The van der Waals surface area contributed by atoms with Gasteiger partial charge in [-0.25, -0.2) is 0 Å². The van der Waals surface area contributed by atoms with Gasteiger partial charge in [-0.15, -0.1) is 0 Å². The van der Waals surface area contributed by atoms with Crippen LogP contribution in [-0.4, -0.2) is 55.7 Å². The van der Waals surface area contributed by atoms with E-state index in [1.807, 2.05) is 32.3 Å². The van der Waals surface area contributed by atoms with Crippen LogP contribution < -0.4 is 20.1 Å². The third-order valence-corrected chi connectivity index (χ3v) is 4.22. The summed E-state index contributed by atoms with van der Waals surface area (Å²) in [6.45, 7) is 2.00. The SMILES string of the molecule is CN(C)CCCNC(=O)c1cncc(C(=O)NCc2ccc3c(c2)OCO3)c1. The lowest BCUT2D eigenvalue weighted by Crippen LogP contribution is -2.28. The smallest absolute Gasteiger partial charge is 0.253 e. The maximum atomic E-state index is 12.4. The van der Waals surface area contributed by atoms with Crippen LogP contribution in [0.15, 0.2) is 36.7 Å². The number of fused-ring (bicyclic) bond motifs is 1. The van der Waals surface area contributed by atoms with Crippen molar-refractivity contribution < 1.29 is 19.1 Å². The molecule has 1 aliphatic rings. The summed E-state index contributed by atoms with van der Waals surface area (Å²) < 4.78 is 10.6. The van der Waals surface area contributed by atoms with Crippen molar-refractivity contribution in [3.63, 3.8) is 0 Å². The molecule has 0 spiro atoms. The molecule has 0 saturated carbocycles. The molecule has 0 radical (unpaired) electrons. The standard InChI is InChI=1S/C20H24N4O4/c1-24(2)7-3-6-22-19(25)15-9-16(12-21-11-15)20(26)23-10-14-4-5-17-18(8-14)28-13-27-17/h4-5,8-9,11-12H,3,6-7,10,13H2,1-2H3,(H,22,25)(H,23,26). The monoisotopic (exact) mass is 384 g/mol. The van der Waals surface area contributed by atoms with E-state index < -0.39 is 0 Å². The van der Waals surface area contributed by atoms with Gasteiger partial charge in [0.15, 0.2) is 11.5 Å². The fourth-order valence-corrected chi connectivity index (χ4v) is 2.72. The van der Waals surface area contributed by atoms with Gasteiger partial charge in [0, 0.05) is 25.5 Å². The van der Waals surface area contributed by atoms with Crippen molar-refractivity contribution in [2.75, 3.05) is 34.0 Å². The minimum absolute atomic E-state index is 0.209. The van der Waals surface area contributed by atoms with Crippen molar-refractivity contribution in [2.45, 2.75) is 13.0 Å². The minimum atomic E-state index is -0.299. The summed E-state index contributed by atoms with van der Waals surface area (Å²) in [5.74, 6) is 0.828. The number of hydrogen-bond donors (Lipinski definition) is 2. The van der Waals surface area contributed by atoms with Crippen LogP contribution >= 0.6 is 0 Å². The van der Waals surface area contributed by atoms with Gasteiger partial charge in [-0.05, 0) is 50.8 Å². The van der Waals surface area contributed by atoms with Gasteiger partial charge in [0.2, 0.25) is 6.79 Å². The maximum Gasteiger partial charge on any atom is 0.253 e. The second kappa shape index (κ2) is 9.18. The zero-order valence-corrected chi connectivity index (χ0v) is 16.0. The molecule has 0 saturated heterocycles. The Kier molecular flexibility index (Phi) is 6.44. The van der Waals surface area contributed by atoms with E-state index in [-0.39, 0.29) is 18.6 Å². The molecule has 1 aromatic carbocycles. The number of benzene rings is 1. The zero-order valence-electron chi connectivity index (χ0n) is 16.0. The van der Waals surface area contributed by atoms with Crippen molar-refractivity contribution in [1.29, 1.82) is 0 Å². The predicted molar refractivity (Wildman–Crippen MR) is 103 cm³/mol. The van der Waals surface area contributed by atoms with Gasteiger partial charge in [0.1, 0.15) is 0 Å². The second-order valence-corrected chi connectivity index (χ2v) is 6.75. The quantitative estimate of drug-likeness (QED) is 0.669. The highest BCUT2D eigenvalue weighted by Crippen LogP contribution is 2.32. The van der Waals surface area contributed by atoms with Crippen molar-refractivity contribution in [2.24, 2.45) is 0 Å². The molecule has 148 valence electrons. The molecule has 0 unspecified atom stereocenters. The highest BCUT2D eigenvalue weighted by molar-refractivity contribution is 5.99. The van der Waals surface area contributed by atoms with E-state index in [2.05, 4.69) is 20.5 Å². The highest BCUT2D eigenvalue weighted by Gasteiger charge is 2.14. The Bertz CT molecular complexity index is 854. The summed E-state index contributed by atoms with van der Waals surface area (Å²) in [5.41, 5.74) is 1.59. The van der Waals surface area contributed by atoms with E-state index in [1.165, 1.54) is 12.4 Å². The molecule has 2 N–H and O–H groups in total. The molecule has 2 amide bonds. The third kappa shape index (κ3) is 5.20. The molecule has 1 aliphatic heterocycles. The Hall–Kier alpha value is -3.13. The van der Waals surface area contributed by atoms with Crippen LogP contribution in [0.1, 0.15) is 32.7 Å². The summed E-state index contributed by atoms with van der Waals surface area (Å²) >= 11 is 0. The van der Waals surface area contributed by atoms with Crippen LogP contribution in [0.2, 0.25) is 0 Å². The Morgan fingerprint density at radius 1 is 1.04 bits per heavy atom. The number of ether oxygens (including phenoxy) is 2. The molecule has 2 aromatic rings. The van der Waals surface area contributed by atoms with E-state index in [9.17, 15) is 9.59 Å². The average molecular weight is 384 g/mol. The number of aromatic nitrogens is 1. The van der Waals surface area contributed by atoms with Crippen LogP contribution in [0.3, 0.4) is 0 Å². The van der Waals surface area contributed by atoms with Crippen LogP contribution in [0.25, 0.3) is 0 Å². The van der Waals surface area contributed by atoms with E-state index in [0.717, 1.165) is 18.5 Å². The Morgan fingerprint density at radius 3 is 2.50 bits per heavy atom. The number of rotatable bonds is 8. The van der Waals surface area contributed by atoms with Crippen molar-refractivity contribution in [3.05, 3.63) is 53.3 Å². The maximum absolute atomic E-state index is 12.4. The molecule has 28 heavy (non-hydrogen) atoms. The normalized spacial score (nSPS) is 12.1. The van der Waals surface area contributed by atoms with Crippen LogP contribution in [0, 0.1) is 0 Å². The van der Waals surface area contributed by atoms with Gasteiger partial charge in [-0.1, -0.05) is 6.07 Å². The van der Waals surface area contributed by atoms with Crippen LogP contribution in [-0.2, 0) is 6.54 Å². The number of pyridine rings is 1. The van der Waals surface area contributed by atoms with Gasteiger partial charge < -0.3 is 25.0 Å². The molecule has 0 aliphatic carbocycles. The number of hydrogen-bond acceptors (Lipinski definition) is 6. The van der Waals surface area contributed by atoms with Crippen LogP contribution in [0.5, 0.6) is 11.5 Å². The minimum Gasteiger partial charge on any atom is -0.454 e. The number of carbonyl (C=O) groups is 2. The third-order valence-electron chi connectivity index (χ3n) is 4.22. The first-order valence-electron chi connectivity index (χ1n) is 9.07. The molecular formula is C20H24N4O4. The lowest BCUT2D eigenvalue weighted by atomic mass is 10.1. The Labute approximate surface area is 163 Å². The summed E-state index contributed by atoms with van der Waals surface area (Å²) in [7, 11) is 3.97. The average Bonchev–Trinajstić information content (AvgIpc) is 3.17. The Balaban J connectivity index is 1.54. The fourth-order valence-electron chi connectivity index (χ4n) is 2.72. The Morgan fingerprint density at radius 2 is 1.75 bits per heavy atom. The van der Waals surface area contributed by atoms with E-state index >= 15 is 0 Å². The first-order chi connectivity index (χ1) is 13.5. The van der Waals surface area contributed by atoms with Gasteiger partial charge >= 0.3 is 0 Å². The predicted octanol–water partition coefficient (Wildman–Crippen LogP) is 1.42. The summed E-state index contributed by atoms with van der Waals surface area (Å²) in [4.78, 5) is 30.7. The molecular weight excluding hydrogens is 360 g/mol. The molecule has 0 atom stereocenters. The zero-order chi connectivity index (χ0) is 19.9. The lowest BCUT2D eigenvalue weighted by molar-refractivity contribution is 0.0950. The highest BCUT2D eigenvalue weighted by atomic mass is 16.7. The van der Waals surface area contributed by atoms with Gasteiger partial charge in [-0.2, -0.15) is 0 Å². The van der Waals surface area contributed by atoms with Gasteiger partial charge in [-0.3, -0.25) is 14.6 Å². The van der Waals surface area contributed by atoms with Crippen LogP contribution in [0.4, 0.5) is 0 Å². The first kappa shape index (κ1) is 19.6. The topological polar surface area (TPSA) is 92.8 Å². The van der Waals surface area contributed by atoms with Crippen molar-refractivity contribution in [3.8, 4) is 11.5 Å². The molecule has 0 bridgehead atoms.